The number of carbonyl (C=O) groups is 1. The highest BCUT2D eigenvalue weighted by Gasteiger charge is 2.56. The number of amides is 1. The summed E-state index contributed by atoms with van der Waals surface area (Å²) in [6.07, 6.45) is 18.2. The zero-order chi connectivity index (χ0) is 37.9. The van der Waals surface area contributed by atoms with Gasteiger partial charge in [0, 0.05) is 19.5 Å². The molecule has 4 aliphatic carbocycles. The zero-order valence-electron chi connectivity index (χ0n) is 34.9. The molecule has 1 N–H and O–H groups in total. The third-order valence-electron chi connectivity index (χ3n) is 14.8. The van der Waals surface area contributed by atoms with Crippen molar-refractivity contribution < 1.29 is 18.8 Å². The van der Waals surface area contributed by atoms with Crippen LogP contribution in [0.4, 0.5) is 0 Å². The van der Waals surface area contributed by atoms with E-state index in [0.717, 1.165) is 25.7 Å². The van der Waals surface area contributed by atoms with Gasteiger partial charge in [0.25, 0.3) is 0 Å². The van der Waals surface area contributed by atoms with Crippen LogP contribution in [0.1, 0.15) is 141 Å². The molecular formula is C44H77NO4Si2. The molecule has 0 heterocycles. The van der Waals surface area contributed by atoms with Crippen molar-refractivity contribution in [3.8, 4) is 0 Å². The van der Waals surface area contributed by atoms with Crippen molar-refractivity contribution in [1.82, 2.24) is 4.90 Å². The van der Waals surface area contributed by atoms with Gasteiger partial charge in [0.05, 0.1) is 23.7 Å². The number of allylic oxidation sites excluding steroid dienone is 4. The van der Waals surface area contributed by atoms with Crippen LogP contribution in [0.15, 0.2) is 47.6 Å². The average molecular weight is 740 g/mol. The Kier molecular flexibility index (Phi) is 14.2. The molecule has 0 aromatic heterocycles. The Hall–Kier alpha value is -1.26. The maximum Gasteiger partial charge on any atom is 0.231 e. The Labute approximate surface area is 318 Å². The molecule has 290 valence electrons. The monoisotopic (exact) mass is 740 g/mol. The lowest BCUT2D eigenvalue weighted by molar-refractivity contribution is -0.139. The normalized spacial score (nSPS) is 31.6. The van der Waals surface area contributed by atoms with Gasteiger partial charge in [-0.25, -0.2) is 0 Å². The van der Waals surface area contributed by atoms with E-state index in [1.54, 1.807) is 5.57 Å². The summed E-state index contributed by atoms with van der Waals surface area (Å²) in [6, 6.07) is 0. The van der Waals surface area contributed by atoms with Crippen LogP contribution in [0.3, 0.4) is 0 Å². The fourth-order valence-corrected chi connectivity index (χ4v) is 11.6. The number of aliphatic hydroxyl groups excluding tert-OH is 1. The van der Waals surface area contributed by atoms with E-state index in [2.05, 4.69) is 94.0 Å². The van der Waals surface area contributed by atoms with Gasteiger partial charge in [0.15, 0.2) is 19.5 Å². The van der Waals surface area contributed by atoms with Gasteiger partial charge in [-0.3, -0.25) is 4.79 Å². The summed E-state index contributed by atoms with van der Waals surface area (Å²) in [5, 5.41) is 11.8. The first-order chi connectivity index (χ1) is 23.8. The predicted octanol–water partition coefficient (Wildman–Crippen LogP) is 9.25. The van der Waals surface area contributed by atoms with E-state index >= 15 is 0 Å². The highest BCUT2D eigenvalue weighted by atomic mass is 28.2. The molecule has 4 saturated carbocycles. The smallest absolute Gasteiger partial charge is 0.231 e. The van der Waals surface area contributed by atoms with Gasteiger partial charge < -0.3 is 18.9 Å². The van der Waals surface area contributed by atoms with Crippen LogP contribution in [0.2, 0.25) is 10.1 Å². The highest BCUT2D eigenvalue weighted by Crippen LogP contribution is 2.60. The van der Waals surface area contributed by atoms with Crippen LogP contribution in [-0.2, 0) is 13.6 Å². The largest absolute Gasteiger partial charge is 0.420 e. The second kappa shape index (κ2) is 17.0. The quantitative estimate of drug-likeness (QED) is 0.127. The molecule has 7 heteroatoms. The number of carbonyl (C=O) groups excluding carboxylic acids is 1. The number of fused-ring (bicyclic) bond motifs is 1. The lowest BCUT2D eigenvalue weighted by Crippen LogP contribution is -2.42. The van der Waals surface area contributed by atoms with E-state index in [-0.39, 0.29) is 33.6 Å². The second-order valence-electron chi connectivity index (χ2n) is 19.3. The lowest BCUT2D eigenvalue weighted by Gasteiger charge is -2.44. The summed E-state index contributed by atoms with van der Waals surface area (Å²) in [4.78, 5) is 15.1. The summed E-state index contributed by atoms with van der Waals surface area (Å²) in [5.41, 5.74) is 3.76. The molecule has 0 radical (unpaired) electrons. The summed E-state index contributed by atoms with van der Waals surface area (Å²) in [7, 11) is -1.48. The number of aliphatic hydroxyl groups is 1. The summed E-state index contributed by atoms with van der Waals surface area (Å²) in [5.74, 6) is 2.86. The van der Waals surface area contributed by atoms with Gasteiger partial charge in [0.1, 0.15) is 0 Å². The molecule has 0 saturated heterocycles. The minimum Gasteiger partial charge on any atom is -0.420 e. The van der Waals surface area contributed by atoms with E-state index in [0.29, 0.717) is 42.7 Å². The molecular weight excluding hydrogens is 663 g/mol. The Bertz CT molecular complexity index is 1310. The molecule has 0 aromatic rings. The molecule has 0 aliphatic heterocycles. The lowest BCUT2D eigenvalue weighted by atomic mass is 9.61. The van der Waals surface area contributed by atoms with Gasteiger partial charge in [-0.15, -0.1) is 0 Å². The first-order valence-corrected chi connectivity index (χ1v) is 23.4. The minimum absolute atomic E-state index is 0.0572. The molecule has 4 rings (SSSR count). The van der Waals surface area contributed by atoms with E-state index in [1.165, 1.54) is 43.3 Å². The Morgan fingerprint density at radius 3 is 2.14 bits per heavy atom. The van der Waals surface area contributed by atoms with Crippen LogP contribution in [0.25, 0.3) is 0 Å². The fourth-order valence-electron chi connectivity index (χ4n) is 9.05. The maximum absolute atomic E-state index is 13.2. The number of nitrogens with zero attached hydrogens (tertiary/aromatic N) is 1. The molecule has 0 unspecified atom stereocenters. The summed E-state index contributed by atoms with van der Waals surface area (Å²) < 4.78 is 13.7. The van der Waals surface area contributed by atoms with E-state index < -0.39 is 31.0 Å². The molecule has 1 amide bonds. The predicted molar refractivity (Wildman–Crippen MR) is 221 cm³/mol. The third kappa shape index (κ3) is 9.52. The first kappa shape index (κ1) is 42.5. The number of rotatable bonds is 16. The second-order valence-corrected chi connectivity index (χ2v) is 24.2. The zero-order valence-corrected chi connectivity index (χ0v) is 37.8. The molecule has 4 aliphatic rings. The standard InChI is InChI=1S/C44H77NO4Si2/c1-14-45(15-2)40(47)44(25-26-44)39(46)23-18-31(7)36-21-22-37-33(17-16-24-43(36,37)13)19-20-34-27-35(48-50-41(9,10)29(3)4)28-38(32(34)8)49-51-42(11,12)30(5)6/h18-20,23,29-31,35-39,46H,8,14-17,21-22,24-28,50-51H2,1-7,9-13H3/b23-18+,33-19+,34-20+/t31-,35-,36-,37+,38+,39+,43-/m1/s1. The van der Waals surface area contributed by atoms with Gasteiger partial charge in [0.2, 0.25) is 5.91 Å². The van der Waals surface area contributed by atoms with Crippen molar-refractivity contribution >= 4 is 25.4 Å². The van der Waals surface area contributed by atoms with Crippen molar-refractivity contribution in [1.29, 1.82) is 0 Å². The van der Waals surface area contributed by atoms with Crippen LogP contribution in [-0.4, -0.2) is 66.8 Å². The van der Waals surface area contributed by atoms with Crippen molar-refractivity contribution in [2.24, 2.45) is 40.4 Å². The first-order valence-electron chi connectivity index (χ1n) is 20.8. The minimum atomic E-state index is -0.762. The Balaban J connectivity index is 1.50. The van der Waals surface area contributed by atoms with Gasteiger partial charge in [-0.2, -0.15) is 0 Å². The van der Waals surface area contributed by atoms with E-state index in [9.17, 15) is 9.90 Å². The van der Waals surface area contributed by atoms with Gasteiger partial charge in [-0.05, 0) is 121 Å². The van der Waals surface area contributed by atoms with Crippen LogP contribution in [0, 0.1) is 40.4 Å². The van der Waals surface area contributed by atoms with Crippen LogP contribution in [0.5, 0.6) is 0 Å². The Morgan fingerprint density at radius 1 is 0.961 bits per heavy atom. The van der Waals surface area contributed by atoms with Crippen molar-refractivity contribution in [2.45, 2.75) is 169 Å². The van der Waals surface area contributed by atoms with Crippen molar-refractivity contribution in [2.75, 3.05) is 13.1 Å². The molecule has 0 aromatic carbocycles. The van der Waals surface area contributed by atoms with Crippen LogP contribution < -0.4 is 0 Å². The SMILES string of the molecule is C=C1/C(=C/C=C2\CCC[C@]3(C)[C@@H]([C@H](C)/C=C/[C@H](O)C4(C(=O)N(CC)CC)CC4)CC[C@@H]23)C[C@@H](O[SiH2]C(C)(C)C(C)C)C[C@@H]1O[SiH2]C(C)(C)C(C)C. The molecule has 0 spiro atoms. The number of hydrogen-bond donors (Lipinski definition) is 1. The van der Waals surface area contributed by atoms with Gasteiger partial charge in [-0.1, -0.05) is 106 Å². The fraction of sp³-hybridized carbons (Fsp3) is 0.795. The molecule has 51 heavy (non-hydrogen) atoms. The molecule has 0 bridgehead atoms. The van der Waals surface area contributed by atoms with Crippen LogP contribution >= 0.6 is 0 Å². The highest BCUT2D eigenvalue weighted by molar-refractivity contribution is 6.32. The van der Waals surface area contributed by atoms with Crippen molar-refractivity contribution in [3.05, 3.63) is 47.6 Å². The summed E-state index contributed by atoms with van der Waals surface area (Å²) >= 11 is 0. The average Bonchev–Trinajstić information content (AvgIpc) is 3.81. The van der Waals surface area contributed by atoms with E-state index in [4.69, 9.17) is 8.85 Å². The topological polar surface area (TPSA) is 59.0 Å². The Morgan fingerprint density at radius 2 is 1.57 bits per heavy atom. The maximum atomic E-state index is 13.2. The number of hydrogen-bond acceptors (Lipinski definition) is 4. The van der Waals surface area contributed by atoms with Crippen molar-refractivity contribution in [3.63, 3.8) is 0 Å². The molecule has 7 atom stereocenters. The van der Waals surface area contributed by atoms with Gasteiger partial charge >= 0.3 is 0 Å². The third-order valence-corrected chi connectivity index (χ3v) is 19.1. The molecule has 5 nitrogen and oxygen atoms in total. The summed E-state index contributed by atoms with van der Waals surface area (Å²) in [6.45, 7) is 33.8. The van der Waals surface area contributed by atoms with E-state index in [1.807, 2.05) is 24.8 Å². The molecule has 4 fully saturated rings.